The lowest BCUT2D eigenvalue weighted by Crippen LogP contribution is -2.29. The van der Waals surface area contributed by atoms with Crippen LogP contribution >= 0.6 is 0 Å². The zero-order chi connectivity index (χ0) is 36.1. The highest BCUT2D eigenvalue weighted by molar-refractivity contribution is 6.00. The molecule has 2 N–H and O–H groups in total. The molecule has 0 heterocycles. The average molecular weight is 685 g/mol. The number of carbonyl (C=O) groups excluding carboxylic acids is 2. The Morgan fingerprint density at radius 3 is 1.63 bits per heavy atom. The van der Waals surface area contributed by atoms with E-state index in [2.05, 4.69) is 67.8 Å². The highest BCUT2D eigenvalue weighted by Gasteiger charge is 2.47. The molecule has 0 fully saturated rings. The maximum absolute atomic E-state index is 11.7. The van der Waals surface area contributed by atoms with Crippen LogP contribution in [0.4, 0.5) is 0 Å². The number of ether oxygens (including phenoxy) is 4. The Morgan fingerprint density at radius 1 is 0.608 bits per heavy atom. The van der Waals surface area contributed by atoms with Crippen molar-refractivity contribution >= 4 is 22.7 Å². The van der Waals surface area contributed by atoms with Crippen LogP contribution in [0.2, 0.25) is 0 Å². The largest absolute Gasteiger partial charge is 0.491 e. The van der Waals surface area contributed by atoms with Gasteiger partial charge in [-0.25, -0.2) is 9.59 Å². The summed E-state index contributed by atoms with van der Waals surface area (Å²) in [6.07, 6.45) is -2.01. The fraction of sp³-hybridized carbons (Fsp3) is 0.209. The predicted octanol–water partition coefficient (Wildman–Crippen LogP) is 6.92. The van der Waals surface area contributed by atoms with E-state index in [-0.39, 0.29) is 37.6 Å². The first-order valence-electron chi connectivity index (χ1n) is 16.7. The third kappa shape index (κ3) is 7.15. The Hall–Kier alpha value is -5.70. The molecule has 0 saturated heterocycles. The molecule has 0 aromatic heterocycles. The summed E-state index contributed by atoms with van der Waals surface area (Å²) in [5.41, 5.74) is 6.38. The summed E-state index contributed by atoms with van der Waals surface area (Å²) in [7, 11) is 0. The third-order valence-electron chi connectivity index (χ3n) is 8.90. The lowest BCUT2D eigenvalue weighted by molar-refractivity contribution is -0.143. The van der Waals surface area contributed by atoms with E-state index in [0.717, 1.165) is 44.2 Å². The molecule has 0 bridgehead atoms. The highest BCUT2D eigenvalue weighted by Crippen LogP contribution is 2.58. The van der Waals surface area contributed by atoms with Gasteiger partial charge in [0, 0.05) is 11.1 Å². The molecule has 6 rings (SSSR count). The van der Waals surface area contributed by atoms with Crippen LogP contribution in [0.3, 0.4) is 0 Å². The zero-order valence-corrected chi connectivity index (χ0v) is 28.6. The molecular formula is C43H40O8. The van der Waals surface area contributed by atoms with Crippen LogP contribution in [0.1, 0.15) is 36.1 Å². The second kappa shape index (κ2) is 15.0. The Kier molecular flexibility index (Phi) is 10.4. The Balaban J connectivity index is 1.35. The maximum Gasteiger partial charge on any atom is 0.333 e. The number of hydrogen-bond acceptors (Lipinski definition) is 8. The molecule has 5 aromatic rings. The molecule has 0 aliphatic heterocycles. The van der Waals surface area contributed by atoms with Crippen molar-refractivity contribution in [3.8, 4) is 22.6 Å². The van der Waals surface area contributed by atoms with Gasteiger partial charge in [-0.15, -0.1) is 0 Å². The normalized spacial score (nSPS) is 15.6. The van der Waals surface area contributed by atoms with Crippen LogP contribution in [0, 0.1) is 0 Å². The summed E-state index contributed by atoms with van der Waals surface area (Å²) < 4.78 is 21.9. The molecule has 0 radical (unpaired) electrons. The summed E-state index contributed by atoms with van der Waals surface area (Å²) in [6, 6.07) is 36.9. The molecular weight excluding hydrogens is 644 g/mol. The monoisotopic (exact) mass is 684 g/mol. The van der Waals surface area contributed by atoms with Gasteiger partial charge < -0.3 is 29.2 Å². The zero-order valence-electron chi connectivity index (χ0n) is 28.6. The van der Waals surface area contributed by atoms with Crippen molar-refractivity contribution in [2.45, 2.75) is 31.5 Å². The lowest BCUT2D eigenvalue weighted by atomic mass is 9.66. The number of fused-ring (bicyclic) bond motifs is 5. The second-order valence-electron chi connectivity index (χ2n) is 12.7. The third-order valence-corrected chi connectivity index (χ3v) is 8.90. The first-order valence-corrected chi connectivity index (χ1v) is 16.7. The van der Waals surface area contributed by atoms with Gasteiger partial charge in [-0.05, 0) is 82.3 Å². The summed E-state index contributed by atoms with van der Waals surface area (Å²) in [4.78, 5) is 23.4. The van der Waals surface area contributed by atoms with E-state index in [1.807, 2.05) is 54.6 Å². The van der Waals surface area contributed by atoms with E-state index in [4.69, 9.17) is 18.9 Å². The van der Waals surface area contributed by atoms with Gasteiger partial charge in [-0.1, -0.05) is 98.1 Å². The molecule has 8 nitrogen and oxygen atoms in total. The van der Waals surface area contributed by atoms with Crippen molar-refractivity contribution < 1.29 is 38.7 Å². The summed E-state index contributed by atoms with van der Waals surface area (Å²) in [5.74, 6) is -0.0148. The number of carbonyl (C=O) groups is 2. The predicted molar refractivity (Wildman–Crippen MR) is 196 cm³/mol. The Labute approximate surface area is 297 Å². The molecule has 8 heteroatoms. The molecule has 1 aliphatic rings. The highest BCUT2D eigenvalue weighted by atomic mass is 16.6. The van der Waals surface area contributed by atoms with Crippen LogP contribution in [-0.4, -0.2) is 60.8 Å². The first-order chi connectivity index (χ1) is 24.6. The SMILES string of the molecule is C=C(C)C(=O)OCC(O)COc1ccc(C2(c3ccc(OCC(O)COC(=O)C(=C)C)cc3)c3ccccc3-c3ccc4ccccc4c32)cc1. The molecule has 2 unspecified atom stereocenters. The van der Waals surface area contributed by atoms with Gasteiger partial charge in [-0.2, -0.15) is 0 Å². The Morgan fingerprint density at radius 2 is 1.10 bits per heavy atom. The van der Waals surface area contributed by atoms with Crippen molar-refractivity contribution in [2.75, 3.05) is 26.4 Å². The number of benzene rings is 5. The van der Waals surface area contributed by atoms with Gasteiger partial charge in [0.15, 0.2) is 0 Å². The second-order valence-corrected chi connectivity index (χ2v) is 12.7. The minimum Gasteiger partial charge on any atom is -0.491 e. The molecule has 260 valence electrons. The molecule has 0 amide bonds. The van der Waals surface area contributed by atoms with Crippen LogP contribution in [-0.2, 0) is 24.5 Å². The van der Waals surface area contributed by atoms with Gasteiger partial charge in [-0.3, -0.25) is 0 Å². The average Bonchev–Trinajstić information content (AvgIpc) is 3.46. The fourth-order valence-electron chi connectivity index (χ4n) is 6.52. The van der Waals surface area contributed by atoms with E-state index in [1.54, 1.807) is 13.8 Å². The van der Waals surface area contributed by atoms with Crippen LogP contribution in [0.15, 0.2) is 133 Å². The van der Waals surface area contributed by atoms with E-state index >= 15 is 0 Å². The van der Waals surface area contributed by atoms with E-state index in [9.17, 15) is 19.8 Å². The van der Waals surface area contributed by atoms with Gasteiger partial charge >= 0.3 is 11.9 Å². The summed E-state index contributed by atoms with van der Waals surface area (Å²) in [6.45, 7) is 9.69. The van der Waals surface area contributed by atoms with Crippen molar-refractivity contribution in [2.24, 2.45) is 0 Å². The molecule has 5 aromatic carbocycles. The molecule has 1 aliphatic carbocycles. The van der Waals surface area contributed by atoms with Gasteiger partial charge in [0.1, 0.15) is 50.1 Å². The van der Waals surface area contributed by atoms with Crippen molar-refractivity contribution in [3.63, 3.8) is 0 Å². The standard InChI is InChI=1S/C43H40O8/c1-27(2)41(46)50-25-32(44)23-48-34-18-14-30(15-19-34)43(31-16-20-35(21-17-31)49-24-33(45)26-51-42(47)28(3)4)39-12-8-7-11-37(39)38-22-13-29-9-5-6-10-36(29)40(38)43/h5-22,32-33,44-45H,1,3,23-26H2,2,4H3. The van der Waals surface area contributed by atoms with E-state index in [1.165, 1.54) is 0 Å². The maximum atomic E-state index is 11.7. The smallest absolute Gasteiger partial charge is 0.333 e. The van der Waals surface area contributed by atoms with Crippen molar-refractivity contribution in [1.29, 1.82) is 0 Å². The van der Waals surface area contributed by atoms with E-state index < -0.39 is 29.6 Å². The Bertz CT molecular complexity index is 2000. The van der Waals surface area contributed by atoms with E-state index in [0.29, 0.717) is 11.5 Å². The summed E-state index contributed by atoms with van der Waals surface area (Å²) in [5, 5.41) is 23.0. The molecule has 51 heavy (non-hydrogen) atoms. The minimum atomic E-state index is -1.01. The number of aliphatic hydroxyl groups is 2. The number of hydrogen-bond donors (Lipinski definition) is 2. The van der Waals surface area contributed by atoms with Gasteiger partial charge in [0.2, 0.25) is 0 Å². The van der Waals surface area contributed by atoms with Crippen molar-refractivity contribution in [1.82, 2.24) is 0 Å². The number of rotatable bonds is 14. The van der Waals surface area contributed by atoms with Gasteiger partial charge in [0.25, 0.3) is 0 Å². The lowest BCUT2D eigenvalue weighted by Gasteiger charge is -2.35. The number of aliphatic hydroxyl groups excluding tert-OH is 2. The molecule has 0 spiro atoms. The molecule has 0 saturated carbocycles. The van der Waals surface area contributed by atoms with Crippen LogP contribution < -0.4 is 9.47 Å². The number of esters is 2. The van der Waals surface area contributed by atoms with Crippen LogP contribution in [0.25, 0.3) is 21.9 Å². The van der Waals surface area contributed by atoms with Crippen LogP contribution in [0.5, 0.6) is 11.5 Å². The van der Waals surface area contributed by atoms with Crippen molar-refractivity contribution in [3.05, 3.63) is 156 Å². The fourth-order valence-corrected chi connectivity index (χ4v) is 6.52. The van der Waals surface area contributed by atoms with Gasteiger partial charge in [0.05, 0.1) is 5.41 Å². The summed E-state index contributed by atoms with van der Waals surface area (Å²) >= 11 is 0. The first kappa shape index (κ1) is 35.1. The minimum absolute atomic E-state index is 0.0588. The quantitative estimate of drug-likeness (QED) is 0.0940. The topological polar surface area (TPSA) is 112 Å². The molecule has 2 atom stereocenters.